The van der Waals surface area contributed by atoms with E-state index in [9.17, 15) is 9.59 Å². The number of thioether (sulfide) groups is 1. The number of aromatic nitrogens is 1. The first kappa shape index (κ1) is 22.4. The Morgan fingerprint density at radius 1 is 1.11 bits per heavy atom. The Labute approximate surface area is 208 Å². The molecule has 35 heavy (non-hydrogen) atoms. The van der Waals surface area contributed by atoms with Crippen LogP contribution < -0.4 is 30.9 Å². The van der Waals surface area contributed by atoms with Gasteiger partial charge in [0.2, 0.25) is 0 Å². The average Bonchev–Trinajstić information content (AvgIpc) is 3.26. The number of hydrogen-bond acceptors (Lipinski definition) is 7. The quantitative estimate of drug-likeness (QED) is 0.508. The molecule has 10 heteroatoms. The number of pyridine rings is 1. The molecule has 3 fully saturated rings. The number of piperidine rings is 2. The summed E-state index contributed by atoms with van der Waals surface area (Å²) in [7, 11) is 0. The van der Waals surface area contributed by atoms with E-state index < -0.39 is 0 Å². The van der Waals surface area contributed by atoms with Crippen molar-refractivity contribution in [1.82, 2.24) is 26.3 Å². The van der Waals surface area contributed by atoms with Crippen molar-refractivity contribution in [2.75, 3.05) is 24.5 Å². The molecule has 0 spiro atoms. The molecule has 0 aliphatic carbocycles. The standard InChI is InChI=1S/C25H28N6O3S/c32-23(29-15-5-4-11-26-13-15)22-21-20-18(10-12-27-24(20)35-22)31(25(33)30-21)19-9-8-17(14-28-19)34-16-6-2-1-3-7-16/h1-3,6-9,14-15,18,20,24,26-27H,4-5,10-13H2,(H,29,32)(H,30,33)/t15-,18?,20?,24?/m1/s1. The van der Waals surface area contributed by atoms with Gasteiger partial charge in [0, 0.05) is 24.2 Å². The first-order valence-corrected chi connectivity index (χ1v) is 13.0. The minimum atomic E-state index is -0.252. The summed E-state index contributed by atoms with van der Waals surface area (Å²) < 4.78 is 5.85. The molecule has 6 rings (SSSR count). The lowest BCUT2D eigenvalue weighted by Gasteiger charge is -2.45. The molecular weight excluding hydrogens is 464 g/mol. The highest BCUT2D eigenvalue weighted by atomic mass is 32.2. The number of benzene rings is 1. The number of nitrogens with zero attached hydrogens (tertiary/aromatic N) is 2. The molecule has 4 atom stereocenters. The first-order chi connectivity index (χ1) is 17.2. The lowest BCUT2D eigenvalue weighted by atomic mass is 9.86. The van der Waals surface area contributed by atoms with Gasteiger partial charge in [-0.05, 0) is 56.6 Å². The van der Waals surface area contributed by atoms with Crippen LogP contribution in [0.5, 0.6) is 11.5 Å². The zero-order valence-corrected chi connectivity index (χ0v) is 20.0. The van der Waals surface area contributed by atoms with Gasteiger partial charge in [-0.1, -0.05) is 30.0 Å². The third-order valence-electron chi connectivity index (χ3n) is 6.93. The molecule has 9 nitrogen and oxygen atoms in total. The van der Waals surface area contributed by atoms with E-state index in [1.165, 1.54) is 11.8 Å². The molecule has 2 aromatic rings. The Hall–Kier alpha value is -3.08. The molecular formula is C25H28N6O3S. The molecule has 3 unspecified atom stereocenters. The lowest BCUT2D eigenvalue weighted by molar-refractivity contribution is -0.117. The van der Waals surface area contributed by atoms with Crippen LogP contribution in [0.1, 0.15) is 19.3 Å². The molecule has 4 N–H and O–H groups in total. The molecule has 3 saturated heterocycles. The monoisotopic (exact) mass is 492 g/mol. The Morgan fingerprint density at radius 3 is 2.77 bits per heavy atom. The number of rotatable bonds is 5. The number of amides is 3. The molecule has 3 amide bonds. The highest BCUT2D eigenvalue weighted by molar-refractivity contribution is 8.04. The van der Waals surface area contributed by atoms with Crippen LogP contribution in [0.3, 0.4) is 0 Å². The zero-order valence-electron chi connectivity index (χ0n) is 19.2. The van der Waals surface area contributed by atoms with E-state index in [-0.39, 0.29) is 35.3 Å². The predicted octanol–water partition coefficient (Wildman–Crippen LogP) is 2.53. The predicted molar refractivity (Wildman–Crippen MR) is 134 cm³/mol. The number of anilines is 1. The van der Waals surface area contributed by atoms with Crippen LogP contribution in [0.25, 0.3) is 0 Å². The summed E-state index contributed by atoms with van der Waals surface area (Å²) in [6.07, 6.45) is 4.44. The van der Waals surface area contributed by atoms with Gasteiger partial charge in [0.1, 0.15) is 17.3 Å². The van der Waals surface area contributed by atoms with Crippen LogP contribution in [0, 0.1) is 5.92 Å². The van der Waals surface area contributed by atoms with Crippen LogP contribution in [0.15, 0.2) is 59.3 Å². The van der Waals surface area contributed by atoms with Crippen molar-refractivity contribution in [3.8, 4) is 11.5 Å². The van der Waals surface area contributed by atoms with Crippen molar-refractivity contribution in [2.45, 2.75) is 36.7 Å². The second-order valence-corrected chi connectivity index (χ2v) is 10.4. The van der Waals surface area contributed by atoms with Gasteiger partial charge in [0.05, 0.1) is 22.5 Å². The number of hydrogen-bond donors (Lipinski definition) is 4. The number of carbonyl (C=O) groups is 2. The molecule has 182 valence electrons. The number of nitrogens with one attached hydrogen (secondary N) is 4. The molecule has 1 aromatic carbocycles. The Balaban J connectivity index is 1.22. The van der Waals surface area contributed by atoms with Gasteiger partial charge >= 0.3 is 6.03 Å². The van der Waals surface area contributed by atoms with Gasteiger partial charge in [0.15, 0.2) is 0 Å². The highest BCUT2D eigenvalue weighted by Crippen LogP contribution is 2.47. The Morgan fingerprint density at radius 2 is 2.00 bits per heavy atom. The smallest absolute Gasteiger partial charge is 0.327 e. The fourth-order valence-corrected chi connectivity index (χ4v) is 6.71. The van der Waals surface area contributed by atoms with Gasteiger partial charge < -0.3 is 26.0 Å². The van der Waals surface area contributed by atoms with Crippen LogP contribution in [0.4, 0.5) is 10.6 Å². The van der Waals surface area contributed by atoms with Crippen molar-refractivity contribution < 1.29 is 14.3 Å². The van der Waals surface area contributed by atoms with E-state index in [1.54, 1.807) is 11.1 Å². The maximum atomic E-state index is 13.3. The van der Waals surface area contributed by atoms with E-state index in [4.69, 9.17) is 4.74 Å². The van der Waals surface area contributed by atoms with E-state index in [0.29, 0.717) is 16.5 Å². The second-order valence-electron chi connectivity index (χ2n) is 9.20. The maximum Gasteiger partial charge on any atom is 0.327 e. The summed E-state index contributed by atoms with van der Waals surface area (Å²) in [5, 5.41) is 13.1. The van der Waals surface area contributed by atoms with Gasteiger partial charge in [-0.15, -0.1) is 0 Å². The van der Waals surface area contributed by atoms with Gasteiger partial charge in [-0.2, -0.15) is 0 Å². The number of ether oxygens (including phenoxy) is 1. The first-order valence-electron chi connectivity index (χ1n) is 12.1. The van der Waals surface area contributed by atoms with E-state index in [0.717, 1.165) is 50.3 Å². The van der Waals surface area contributed by atoms with E-state index in [2.05, 4.69) is 26.3 Å². The Kier molecular flexibility index (Phi) is 6.09. The molecule has 0 saturated carbocycles. The van der Waals surface area contributed by atoms with Gasteiger partial charge in [-0.3, -0.25) is 9.69 Å². The van der Waals surface area contributed by atoms with Gasteiger partial charge in [-0.25, -0.2) is 9.78 Å². The number of urea groups is 1. The highest BCUT2D eigenvalue weighted by Gasteiger charge is 2.52. The third-order valence-corrected chi connectivity index (χ3v) is 8.28. The fourth-order valence-electron chi connectivity index (χ4n) is 5.31. The van der Waals surface area contributed by atoms with Crippen molar-refractivity contribution in [3.63, 3.8) is 0 Å². The van der Waals surface area contributed by atoms with Crippen molar-refractivity contribution in [3.05, 3.63) is 59.3 Å². The van der Waals surface area contributed by atoms with E-state index >= 15 is 0 Å². The number of carbonyl (C=O) groups excluding carboxylic acids is 2. The zero-order chi connectivity index (χ0) is 23.8. The van der Waals surface area contributed by atoms with E-state index in [1.807, 2.05) is 42.5 Å². The van der Waals surface area contributed by atoms with Crippen LogP contribution in [-0.4, -0.2) is 54.0 Å². The summed E-state index contributed by atoms with van der Waals surface area (Å²) in [6, 6.07) is 12.9. The minimum absolute atomic E-state index is 0.00118. The summed E-state index contributed by atoms with van der Waals surface area (Å²) in [4.78, 5) is 33.4. The van der Waals surface area contributed by atoms with Crippen molar-refractivity contribution in [2.24, 2.45) is 5.92 Å². The summed E-state index contributed by atoms with van der Waals surface area (Å²) in [5.74, 6) is 1.81. The maximum absolute atomic E-state index is 13.3. The average molecular weight is 493 g/mol. The molecule has 4 aliphatic rings. The summed E-state index contributed by atoms with van der Waals surface area (Å²) >= 11 is 1.52. The summed E-state index contributed by atoms with van der Waals surface area (Å²) in [5.41, 5.74) is 0.740. The molecule has 5 heterocycles. The molecule has 0 bridgehead atoms. The molecule has 1 aromatic heterocycles. The minimum Gasteiger partial charge on any atom is -0.456 e. The Bertz CT molecular complexity index is 1140. The van der Waals surface area contributed by atoms with Crippen molar-refractivity contribution >= 4 is 29.5 Å². The van der Waals surface area contributed by atoms with Crippen LogP contribution in [0.2, 0.25) is 0 Å². The SMILES string of the molecule is O=C(N[C@@H]1CCCNC1)C1=C2NC(=O)N(c3ccc(Oc4ccccc4)cn3)C3CCNC(S1)C23. The molecule has 0 radical (unpaired) electrons. The van der Waals surface area contributed by atoms with Crippen molar-refractivity contribution in [1.29, 1.82) is 0 Å². The second kappa shape index (κ2) is 9.52. The largest absolute Gasteiger partial charge is 0.456 e. The van der Waals surface area contributed by atoms with Crippen LogP contribution in [-0.2, 0) is 4.79 Å². The number of para-hydroxylation sites is 1. The fraction of sp³-hybridized carbons (Fsp3) is 0.400. The summed E-state index contributed by atoms with van der Waals surface area (Å²) in [6.45, 7) is 2.54. The van der Waals surface area contributed by atoms with Crippen LogP contribution >= 0.6 is 11.8 Å². The third kappa shape index (κ3) is 4.37. The van der Waals surface area contributed by atoms with Gasteiger partial charge in [0.25, 0.3) is 5.91 Å². The lowest BCUT2D eigenvalue weighted by Crippen LogP contribution is -2.62. The molecule has 4 aliphatic heterocycles. The normalized spacial score (nSPS) is 27.8. The topological polar surface area (TPSA) is 108 Å².